The number of rotatable bonds is 4. The molecule has 0 unspecified atom stereocenters. The molecule has 0 saturated heterocycles. The SMILES string of the molecule is C[Si](Cl)(Cl)CC[Si](C)(C)c1ccccc1. The summed E-state index contributed by atoms with van der Waals surface area (Å²) in [7, 11) is -1.32. The minimum Gasteiger partial charge on any atom is -0.146 e. The molecule has 0 nitrogen and oxygen atoms in total. The molecule has 15 heavy (non-hydrogen) atoms. The van der Waals surface area contributed by atoms with Gasteiger partial charge in [-0.3, -0.25) is 0 Å². The van der Waals surface area contributed by atoms with Gasteiger partial charge in [0.15, 0.2) is 0 Å². The lowest BCUT2D eigenvalue weighted by molar-refractivity contribution is 1.33. The van der Waals surface area contributed by atoms with Gasteiger partial charge >= 0.3 is 0 Å². The summed E-state index contributed by atoms with van der Waals surface area (Å²) in [5, 5.41) is 1.50. The Bertz CT molecular complexity index is 304. The van der Waals surface area contributed by atoms with Gasteiger partial charge in [0.1, 0.15) is 0 Å². The van der Waals surface area contributed by atoms with E-state index in [0.717, 1.165) is 6.04 Å². The smallest absolute Gasteiger partial charge is 0.146 e. The lowest BCUT2D eigenvalue weighted by Crippen LogP contribution is -2.42. The van der Waals surface area contributed by atoms with Crippen LogP contribution in [0.3, 0.4) is 0 Å². The minimum atomic E-state index is -1.92. The van der Waals surface area contributed by atoms with Crippen molar-refractivity contribution in [2.75, 3.05) is 0 Å². The fraction of sp³-hybridized carbons (Fsp3) is 0.455. The Kier molecular flexibility index (Phi) is 4.47. The van der Waals surface area contributed by atoms with Crippen LogP contribution in [0.4, 0.5) is 0 Å². The Hall–Kier alpha value is 0.234. The third-order valence-corrected chi connectivity index (χ3v) is 8.90. The molecule has 4 heteroatoms. The molecule has 0 amide bonds. The zero-order valence-corrected chi connectivity index (χ0v) is 13.1. The number of hydrogen-bond acceptors (Lipinski definition) is 0. The second-order valence-corrected chi connectivity index (χ2v) is 17.9. The minimum absolute atomic E-state index is 1.00. The average Bonchev–Trinajstić information content (AvgIpc) is 2.16. The summed E-state index contributed by atoms with van der Waals surface area (Å²) in [6.07, 6.45) is 0. The van der Waals surface area contributed by atoms with E-state index in [1.54, 1.807) is 0 Å². The number of hydrogen-bond donors (Lipinski definition) is 0. The van der Waals surface area contributed by atoms with E-state index in [1.165, 1.54) is 11.2 Å². The molecule has 0 bridgehead atoms. The summed E-state index contributed by atoms with van der Waals surface area (Å²) in [5.74, 6) is 0. The molecular weight excluding hydrogens is 259 g/mol. The van der Waals surface area contributed by atoms with Crippen LogP contribution in [-0.4, -0.2) is 14.8 Å². The summed E-state index contributed by atoms with van der Waals surface area (Å²) in [5.41, 5.74) is 0. The highest BCUT2D eigenvalue weighted by Gasteiger charge is 2.29. The third kappa shape index (κ3) is 4.72. The van der Waals surface area contributed by atoms with Crippen LogP contribution in [0.15, 0.2) is 30.3 Å². The molecule has 0 N–H and O–H groups in total. The Morgan fingerprint density at radius 2 is 1.47 bits per heavy atom. The fourth-order valence-electron chi connectivity index (χ4n) is 1.57. The molecule has 0 fully saturated rings. The number of benzene rings is 1. The molecule has 0 atom stereocenters. The first-order valence-corrected chi connectivity index (χ1v) is 13.2. The summed E-state index contributed by atoms with van der Waals surface area (Å²) < 4.78 is 0. The Balaban J connectivity index is 2.68. The van der Waals surface area contributed by atoms with Crippen LogP contribution in [0.5, 0.6) is 0 Å². The maximum Gasteiger partial charge on any atom is 0.248 e. The van der Waals surface area contributed by atoms with E-state index in [0.29, 0.717) is 0 Å². The van der Waals surface area contributed by atoms with Crippen molar-refractivity contribution in [2.45, 2.75) is 31.7 Å². The maximum atomic E-state index is 6.15. The molecule has 1 aromatic carbocycles. The van der Waals surface area contributed by atoms with Gasteiger partial charge in [-0.15, -0.1) is 22.2 Å². The summed E-state index contributed by atoms with van der Waals surface area (Å²) in [4.78, 5) is 0. The van der Waals surface area contributed by atoms with Gasteiger partial charge in [0, 0.05) is 0 Å². The second-order valence-electron chi connectivity index (χ2n) is 4.82. The molecule has 0 saturated carbocycles. The van der Waals surface area contributed by atoms with Crippen molar-refractivity contribution in [2.24, 2.45) is 0 Å². The van der Waals surface area contributed by atoms with Gasteiger partial charge < -0.3 is 0 Å². The highest BCUT2D eigenvalue weighted by molar-refractivity contribution is 7.45. The van der Waals surface area contributed by atoms with E-state index in [4.69, 9.17) is 22.2 Å². The summed E-state index contributed by atoms with van der Waals surface area (Å²) in [6.45, 7) is 4.86. The molecule has 0 heterocycles. The molecule has 1 aromatic rings. The summed E-state index contributed by atoms with van der Waals surface area (Å²) in [6, 6.07) is 12.9. The van der Waals surface area contributed by atoms with Crippen molar-refractivity contribution in [1.29, 1.82) is 0 Å². The highest BCUT2D eigenvalue weighted by atomic mass is 35.7. The predicted octanol–water partition coefficient (Wildman–Crippen LogP) is 4.15. The zero-order valence-electron chi connectivity index (χ0n) is 9.56. The van der Waals surface area contributed by atoms with E-state index < -0.39 is 14.8 Å². The van der Waals surface area contributed by atoms with Gasteiger partial charge in [0.2, 0.25) is 6.69 Å². The lowest BCUT2D eigenvalue weighted by Gasteiger charge is -2.24. The normalized spacial score (nSPS) is 12.9. The van der Waals surface area contributed by atoms with Crippen LogP contribution >= 0.6 is 22.2 Å². The van der Waals surface area contributed by atoms with E-state index in [-0.39, 0.29) is 0 Å². The van der Waals surface area contributed by atoms with E-state index in [1.807, 2.05) is 6.55 Å². The molecule has 0 radical (unpaired) electrons. The maximum absolute atomic E-state index is 6.15. The van der Waals surface area contributed by atoms with Gasteiger partial charge in [0.25, 0.3) is 0 Å². The monoisotopic (exact) mass is 276 g/mol. The van der Waals surface area contributed by atoms with Gasteiger partial charge in [-0.2, -0.15) is 0 Å². The molecule has 0 aliphatic heterocycles. The largest absolute Gasteiger partial charge is 0.248 e. The van der Waals surface area contributed by atoms with E-state index in [2.05, 4.69) is 43.4 Å². The fourth-order valence-corrected chi connectivity index (χ4v) is 8.91. The van der Waals surface area contributed by atoms with Crippen LogP contribution < -0.4 is 5.19 Å². The topological polar surface area (TPSA) is 0 Å². The molecule has 84 valence electrons. The Morgan fingerprint density at radius 1 is 0.933 bits per heavy atom. The molecular formula is C11H18Cl2Si2. The van der Waals surface area contributed by atoms with Crippen LogP contribution in [-0.2, 0) is 0 Å². The van der Waals surface area contributed by atoms with E-state index in [9.17, 15) is 0 Å². The second kappa shape index (κ2) is 5.04. The van der Waals surface area contributed by atoms with Crippen molar-refractivity contribution >= 4 is 42.1 Å². The molecule has 0 aromatic heterocycles. The van der Waals surface area contributed by atoms with Gasteiger partial charge in [0.05, 0.1) is 8.07 Å². The van der Waals surface area contributed by atoms with Crippen LogP contribution in [0.2, 0.25) is 31.7 Å². The Morgan fingerprint density at radius 3 is 1.93 bits per heavy atom. The standard InChI is InChI=1S/C11H18Cl2Si2/c1-14(2,9-10-15(3,12)13)11-7-5-4-6-8-11/h4-8H,9-10H2,1-3H3. The Labute approximate surface area is 104 Å². The highest BCUT2D eigenvalue weighted by Crippen LogP contribution is 2.26. The van der Waals surface area contributed by atoms with Gasteiger partial charge in [-0.05, 0) is 12.6 Å². The third-order valence-electron chi connectivity index (χ3n) is 2.74. The first kappa shape index (κ1) is 13.3. The van der Waals surface area contributed by atoms with Crippen molar-refractivity contribution < 1.29 is 0 Å². The first-order chi connectivity index (χ1) is 6.81. The number of halogens is 2. The van der Waals surface area contributed by atoms with Crippen molar-refractivity contribution in [3.63, 3.8) is 0 Å². The van der Waals surface area contributed by atoms with Crippen molar-refractivity contribution in [3.8, 4) is 0 Å². The van der Waals surface area contributed by atoms with E-state index >= 15 is 0 Å². The van der Waals surface area contributed by atoms with Gasteiger partial charge in [-0.1, -0.05) is 54.7 Å². The van der Waals surface area contributed by atoms with Crippen molar-refractivity contribution in [1.82, 2.24) is 0 Å². The predicted molar refractivity (Wildman–Crippen MR) is 76.5 cm³/mol. The van der Waals surface area contributed by atoms with Crippen LogP contribution in [0, 0.1) is 0 Å². The zero-order chi connectivity index (χ0) is 11.5. The molecule has 0 aliphatic carbocycles. The van der Waals surface area contributed by atoms with Crippen molar-refractivity contribution in [3.05, 3.63) is 30.3 Å². The first-order valence-electron chi connectivity index (χ1n) is 5.25. The lowest BCUT2D eigenvalue weighted by atomic mass is 10.4. The van der Waals surface area contributed by atoms with Crippen LogP contribution in [0.25, 0.3) is 0 Å². The summed E-state index contributed by atoms with van der Waals surface area (Å²) >= 11 is 12.3. The molecule has 0 aliphatic rings. The average molecular weight is 277 g/mol. The molecule has 0 spiro atoms. The quantitative estimate of drug-likeness (QED) is 0.573. The van der Waals surface area contributed by atoms with Gasteiger partial charge in [-0.25, -0.2) is 0 Å². The molecule has 1 rings (SSSR count). The van der Waals surface area contributed by atoms with Crippen LogP contribution in [0.1, 0.15) is 0 Å².